The maximum atomic E-state index is 12.5. The molecule has 0 unspecified atom stereocenters. The van der Waals surface area contributed by atoms with E-state index in [1.807, 2.05) is 24.3 Å². The third-order valence-electron chi connectivity index (χ3n) is 6.96. The Balaban J connectivity index is 1.37. The summed E-state index contributed by atoms with van der Waals surface area (Å²) in [4.78, 5) is 12.5. The molecule has 1 aliphatic carbocycles. The number of hydrogen-bond acceptors (Lipinski definition) is 2. The smallest absolute Gasteiger partial charge is 0.343 e. The fourth-order valence-electron chi connectivity index (χ4n) is 4.83. The maximum Gasteiger partial charge on any atom is 0.343 e. The highest BCUT2D eigenvalue weighted by Crippen LogP contribution is 2.28. The van der Waals surface area contributed by atoms with Crippen molar-refractivity contribution in [1.29, 1.82) is 0 Å². The number of carbonyl (C=O) groups excluding carboxylic acids is 1. The van der Waals surface area contributed by atoms with Crippen LogP contribution in [0.1, 0.15) is 112 Å². The molecule has 0 N–H and O–H groups in total. The quantitative estimate of drug-likeness (QED) is 0.179. The molecule has 0 atom stereocenters. The number of ether oxygens (including phenoxy) is 1. The van der Waals surface area contributed by atoms with Gasteiger partial charge in [0.25, 0.3) is 0 Å². The zero-order chi connectivity index (χ0) is 22.4. The van der Waals surface area contributed by atoms with Crippen molar-refractivity contribution in [1.82, 2.24) is 0 Å². The van der Waals surface area contributed by atoms with Crippen molar-refractivity contribution in [2.45, 2.75) is 103 Å². The maximum absolute atomic E-state index is 12.5. The number of carbonyl (C=O) groups is 1. The zero-order valence-corrected chi connectivity index (χ0v) is 20.1. The van der Waals surface area contributed by atoms with E-state index in [1.54, 1.807) is 0 Å². The molecule has 32 heavy (non-hydrogen) atoms. The van der Waals surface area contributed by atoms with Crippen LogP contribution < -0.4 is 4.74 Å². The fraction of sp³-hybridized carbons (Fsp3) is 0.567. The third kappa shape index (κ3) is 8.81. The predicted octanol–water partition coefficient (Wildman–Crippen LogP) is 8.71. The number of unbranched alkanes of at least 4 members (excludes halogenated alkanes) is 6. The van der Waals surface area contributed by atoms with Crippen LogP contribution in [-0.2, 0) is 12.8 Å². The molecular formula is C30H42O2. The minimum atomic E-state index is -0.276. The monoisotopic (exact) mass is 434 g/mol. The number of rotatable bonds is 13. The Morgan fingerprint density at radius 2 is 1.34 bits per heavy atom. The summed E-state index contributed by atoms with van der Waals surface area (Å²) in [7, 11) is 0. The molecule has 1 fully saturated rings. The van der Waals surface area contributed by atoms with Gasteiger partial charge in [-0.2, -0.15) is 0 Å². The van der Waals surface area contributed by atoms with Gasteiger partial charge in [0.05, 0.1) is 5.56 Å². The summed E-state index contributed by atoms with van der Waals surface area (Å²) >= 11 is 0. The highest BCUT2D eigenvalue weighted by molar-refractivity contribution is 5.91. The lowest BCUT2D eigenvalue weighted by Crippen LogP contribution is -2.09. The molecule has 174 valence electrons. The van der Waals surface area contributed by atoms with Crippen molar-refractivity contribution < 1.29 is 9.53 Å². The lowest BCUT2D eigenvalue weighted by molar-refractivity contribution is 0.0734. The standard InChI is InChI=1S/C30H42O2/c1-2-3-4-5-6-7-9-14-26-17-21-28(22-18-26)30(31)32-29-23-19-27(20-24-29)16-15-25-12-10-8-11-13-25/h17-25H,2-16H2,1H3. The van der Waals surface area contributed by atoms with Gasteiger partial charge in [-0.3, -0.25) is 0 Å². The second kappa shape index (κ2) is 14.1. The van der Waals surface area contributed by atoms with Gasteiger partial charge in [-0.15, -0.1) is 0 Å². The zero-order valence-electron chi connectivity index (χ0n) is 20.1. The van der Waals surface area contributed by atoms with Crippen molar-refractivity contribution in [2.24, 2.45) is 5.92 Å². The summed E-state index contributed by atoms with van der Waals surface area (Å²) in [5.41, 5.74) is 3.26. The lowest BCUT2D eigenvalue weighted by Gasteiger charge is -2.21. The first-order valence-corrected chi connectivity index (χ1v) is 13.1. The highest BCUT2D eigenvalue weighted by Gasteiger charge is 2.13. The summed E-state index contributed by atoms with van der Waals surface area (Å²) in [5.74, 6) is 1.25. The molecular weight excluding hydrogens is 392 g/mol. The van der Waals surface area contributed by atoms with Gasteiger partial charge in [-0.25, -0.2) is 4.79 Å². The molecule has 1 saturated carbocycles. The van der Waals surface area contributed by atoms with Gasteiger partial charge < -0.3 is 4.74 Å². The Bertz CT molecular complexity index is 769. The first kappa shape index (κ1) is 24.6. The number of hydrogen-bond donors (Lipinski definition) is 0. The summed E-state index contributed by atoms with van der Waals surface area (Å²) in [5, 5.41) is 0. The number of benzene rings is 2. The van der Waals surface area contributed by atoms with E-state index in [0.717, 1.165) is 18.8 Å². The summed E-state index contributed by atoms with van der Waals surface area (Å²) in [6.07, 6.45) is 19.8. The summed E-state index contributed by atoms with van der Waals surface area (Å²) in [6, 6.07) is 16.0. The second-order valence-corrected chi connectivity index (χ2v) is 9.64. The molecule has 0 aromatic heterocycles. The van der Waals surface area contributed by atoms with Gasteiger partial charge in [-0.1, -0.05) is 102 Å². The molecule has 2 aromatic carbocycles. The van der Waals surface area contributed by atoms with Crippen molar-refractivity contribution in [2.75, 3.05) is 0 Å². The minimum Gasteiger partial charge on any atom is -0.423 e. The summed E-state index contributed by atoms with van der Waals surface area (Å²) < 4.78 is 5.60. The Morgan fingerprint density at radius 3 is 2.03 bits per heavy atom. The molecule has 0 radical (unpaired) electrons. The van der Waals surface area contributed by atoms with Gasteiger partial charge in [0.2, 0.25) is 0 Å². The van der Waals surface area contributed by atoms with Crippen LogP contribution in [0, 0.1) is 5.92 Å². The molecule has 1 aliphatic rings. The predicted molar refractivity (Wildman–Crippen MR) is 134 cm³/mol. The van der Waals surface area contributed by atoms with E-state index in [0.29, 0.717) is 11.3 Å². The van der Waals surface area contributed by atoms with Gasteiger partial charge in [0.15, 0.2) is 0 Å². The fourth-order valence-corrected chi connectivity index (χ4v) is 4.83. The Labute approximate surface area is 195 Å². The van der Waals surface area contributed by atoms with Crippen LogP contribution in [0.2, 0.25) is 0 Å². The third-order valence-corrected chi connectivity index (χ3v) is 6.96. The van der Waals surface area contributed by atoms with Crippen LogP contribution in [0.25, 0.3) is 0 Å². The molecule has 0 bridgehead atoms. The van der Waals surface area contributed by atoms with Crippen LogP contribution in [-0.4, -0.2) is 5.97 Å². The van der Waals surface area contributed by atoms with Gasteiger partial charge >= 0.3 is 5.97 Å². The van der Waals surface area contributed by atoms with E-state index in [9.17, 15) is 4.79 Å². The molecule has 0 spiro atoms. The first-order chi connectivity index (χ1) is 15.7. The van der Waals surface area contributed by atoms with Gasteiger partial charge in [0, 0.05) is 0 Å². The molecule has 0 amide bonds. The van der Waals surface area contributed by atoms with E-state index >= 15 is 0 Å². The van der Waals surface area contributed by atoms with Crippen LogP contribution in [0.3, 0.4) is 0 Å². The first-order valence-electron chi connectivity index (χ1n) is 13.1. The van der Waals surface area contributed by atoms with Gasteiger partial charge in [0.1, 0.15) is 5.75 Å². The lowest BCUT2D eigenvalue weighted by atomic mass is 9.85. The molecule has 0 heterocycles. The van der Waals surface area contributed by atoms with E-state index in [-0.39, 0.29) is 5.97 Å². The number of esters is 1. The van der Waals surface area contributed by atoms with Gasteiger partial charge in [-0.05, 0) is 67.0 Å². The average molecular weight is 435 g/mol. The van der Waals surface area contributed by atoms with E-state index in [4.69, 9.17) is 4.74 Å². The summed E-state index contributed by atoms with van der Waals surface area (Å²) in [6.45, 7) is 2.26. The molecule has 2 heteroatoms. The van der Waals surface area contributed by atoms with Crippen molar-refractivity contribution in [3.63, 3.8) is 0 Å². The van der Waals surface area contributed by atoms with Crippen LogP contribution >= 0.6 is 0 Å². The number of aryl methyl sites for hydroxylation is 2. The molecule has 2 aromatic rings. The van der Waals surface area contributed by atoms with Crippen molar-refractivity contribution in [3.8, 4) is 5.75 Å². The van der Waals surface area contributed by atoms with Crippen LogP contribution in [0.5, 0.6) is 5.75 Å². The average Bonchev–Trinajstić information content (AvgIpc) is 2.84. The Hall–Kier alpha value is -2.09. The highest BCUT2D eigenvalue weighted by atomic mass is 16.5. The van der Waals surface area contributed by atoms with E-state index in [1.165, 1.54) is 94.6 Å². The largest absolute Gasteiger partial charge is 0.423 e. The van der Waals surface area contributed by atoms with Crippen molar-refractivity contribution in [3.05, 3.63) is 65.2 Å². The minimum absolute atomic E-state index is 0.276. The van der Waals surface area contributed by atoms with Crippen LogP contribution in [0.15, 0.2) is 48.5 Å². The second-order valence-electron chi connectivity index (χ2n) is 9.64. The molecule has 3 rings (SSSR count). The Kier molecular flexibility index (Phi) is 10.8. The van der Waals surface area contributed by atoms with E-state index in [2.05, 4.69) is 31.2 Å². The van der Waals surface area contributed by atoms with Crippen LogP contribution in [0.4, 0.5) is 0 Å². The normalized spacial score (nSPS) is 14.4. The Morgan fingerprint density at radius 1 is 0.750 bits per heavy atom. The SMILES string of the molecule is CCCCCCCCCc1ccc(C(=O)Oc2ccc(CCC3CCCCC3)cc2)cc1. The topological polar surface area (TPSA) is 26.3 Å². The molecule has 0 saturated heterocycles. The van der Waals surface area contributed by atoms with E-state index < -0.39 is 0 Å². The molecule has 0 aliphatic heterocycles. The molecule has 2 nitrogen and oxygen atoms in total. The van der Waals surface area contributed by atoms with Crippen molar-refractivity contribution >= 4 is 5.97 Å².